The van der Waals surface area contributed by atoms with Crippen molar-refractivity contribution >= 4 is 5.91 Å². The first-order valence-corrected chi connectivity index (χ1v) is 7.18. The number of carbonyl (C=O) groups excluding carboxylic acids is 1. The van der Waals surface area contributed by atoms with E-state index in [1.807, 2.05) is 4.90 Å². The van der Waals surface area contributed by atoms with E-state index in [2.05, 4.69) is 30.7 Å². The van der Waals surface area contributed by atoms with Crippen molar-refractivity contribution in [3.63, 3.8) is 0 Å². The largest absolute Gasteiger partial charge is 0.477 e. The number of rotatable bonds is 4. The summed E-state index contributed by atoms with van der Waals surface area (Å²) in [5.74, 6) is 0.937. The molecule has 0 aromatic carbocycles. The Morgan fingerprint density at radius 3 is 2.62 bits per heavy atom. The summed E-state index contributed by atoms with van der Waals surface area (Å²) in [4.78, 5) is 22.2. The van der Waals surface area contributed by atoms with Crippen molar-refractivity contribution in [2.24, 2.45) is 5.41 Å². The van der Waals surface area contributed by atoms with Gasteiger partial charge in [0.1, 0.15) is 6.10 Å². The van der Waals surface area contributed by atoms with Crippen LogP contribution in [0.1, 0.15) is 33.6 Å². The maximum Gasteiger partial charge on any atom is 0.278 e. The summed E-state index contributed by atoms with van der Waals surface area (Å²) in [5, 5.41) is 0. The minimum absolute atomic E-state index is 0.00412. The van der Waals surface area contributed by atoms with Gasteiger partial charge in [0.25, 0.3) is 11.8 Å². The van der Waals surface area contributed by atoms with Crippen LogP contribution in [0.3, 0.4) is 0 Å². The molecule has 0 bridgehead atoms. The van der Waals surface area contributed by atoms with Crippen LogP contribution in [0, 0.1) is 5.41 Å². The summed E-state index contributed by atoms with van der Waals surface area (Å²) in [7, 11) is 1.53. The van der Waals surface area contributed by atoms with Gasteiger partial charge in [-0.15, -0.1) is 0 Å². The van der Waals surface area contributed by atoms with Gasteiger partial charge < -0.3 is 14.4 Å². The summed E-state index contributed by atoms with van der Waals surface area (Å²) < 4.78 is 10.9. The molecule has 0 spiro atoms. The average Bonchev–Trinajstić information content (AvgIpc) is 2.86. The van der Waals surface area contributed by atoms with Gasteiger partial charge in [-0.25, -0.2) is 9.97 Å². The van der Waals surface area contributed by atoms with Crippen molar-refractivity contribution in [2.45, 2.75) is 39.7 Å². The summed E-state index contributed by atoms with van der Waals surface area (Å²) >= 11 is 0. The second-order valence-electron chi connectivity index (χ2n) is 6.48. The molecular formula is C15H23N3O3. The van der Waals surface area contributed by atoms with E-state index < -0.39 is 0 Å². The van der Waals surface area contributed by atoms with Crippen molar-refractivity contribution < 1.29 is 14.3 Å². The molecule has 6 heteroatoms. The molecule has 1 atom stereocenters. The van der Waals surface area contributed by atoms with E-state index in [1.54, 1.807) is 12.4 Å². The second-order valence-corrected chi connectivity index (χ2v) is 6.48. The van der Waals surface area contributed by atoms with E-state index in [4.69, 9.17) is 9.47 Å². The molecule has 116 valence electrons. The van der Waals surface area contributed by atoms with E-state index in [1.165, 1.54) is 7.11 Å². The minimum atomic E-state index is -0.0560. The van der Waals surface area contributed by atoms with Crippen molar-refractivity contribution in [3.8, 4) is 11.8 Å². The third-order valence-corrected chi connectivity index (χ3v) is 3.28. The van der Waals surface area contributed by atoms with Crippen molar-refractivity contribution in [1.82, 2.24) is 14.9 Å². The zero-order valence-electron chi connectivity index (χ0n) is 13.1. The first kappa shape index (κ1) is 15.5. The smallest absolute Gasteiger partial charge is 0.278 e. The van der Waals surface area contributed by atoms with Gasteiger partial charge >= 0.3 is 0 Å². The van der Waals surface area contributed by atoms with Crippen LogP contribution in [0.25, 0.3) is 0 Å². The summed E-state index contributed by atoms with van der Waals surface area (Å²) in [5.41, 5.74) is 0.00412. The Kier molecular flexibility index (Phi) is 4.65. The second kappa shape index (κ2) is 6.28. The van der Waals surface area contributed by atoms with Crippen molar-refractivity contribution in [2.75, 3.05) is 20.2 Å². The number of hydrogen-bond donors (Lipinski definition) is 0. The van der Waals surface area contributed by atoms with Crippen molar-refractivity contribution in [3.05, 3.63) is 12.4 Å². The van der Waals surface area contributed by atoms with Gasteiger partial charge in [0, 0.05) is 31.8 Å². The zero-order valence-corrected chi connectivity index (χ0v) is 13.1. The highest BCUT2D eigenvalue weighted by atomic mass is 16.5. The molecule has 1 aliphatic heterocycles. The Labute approximate surface area is 125 Å². The fourth-order valence-electron chi connectivity index (χ4n) is 2.31. The molecule has 2 rings (SSSR count). The Balaban J connectivity index is 1.92. The Morgan fingerprint density at radius 2 is 2.00 bits per heavy atom. The van der Waals surface area contributed by atoms with Crippen LogP contribution in [0.15, 0.2) is 12.4 Å². The normalized spacial score (nSPS) is 18.7. The first-order valence-electron chi connectivity index (χ1n) is 7.18. The molecular weight excluding hydrogens is 270 g/mol. The molecule has 1 aliphatic rings. The highest BCUT2D eigenvalue weighted by Crippen LogP contribution is 2.25. The highest BCUT2D eigenvalue weighted by Gasteiger charge is 2.30. The fraction of sp³-hybridized carbons (Fsp3) is 0.667. The lowest BCUT2D eigenvalue weighted by Crippen LogP contribution is -2.33. The highest BCUT2D eigenvalue weighted by molar-refractivity contribution is 5.77. The summed E-state index contributed by atoms with van der Waals surface area (Å²) in [6.45, 7) is 7.52. The minimum Gasteiger partial charge on any atom is -0.477 e. The lowest BCUT2D eigenvalue weighted by Gasteiger charge is -2.23. The number of methoxy groups -OCH3 is 1. The van der Waals surface area contributed by atoms with Crippen LogP contribution in [0.5, 0.6) is 11.8 Å². The number of carbonyl (C=O) groups is 1. The molecule has 0 radical (unpaired) electrons. The number of aromatic nitrogens is 2. The van der Waals surface area contributed by atoms with E-state index >= 15 is 0 Å². The molecule has 1 amide bonds. The van der Waals surface area contributed by atoms with Crippen LogP contribution in [-0.2, 0) is 4.79 Å². The molecule has 1 saturated heterocycles. The Bertz CT molecular complexity index is 499. The molecule has 6 nitrogen and oxygen atoms in total. The van der Waals surface area contributed by atoms with Gasteiger partial charge in [0.05, 0.1) is 13.7 Å². The standard InChI is InChI=1S/C15H23N3O3/c1-15(2,3)9-12(19)18-8-5-11(10-18)21-14-13(20-4)16-6-7-17-14/h6-7,11H,5,8-10H2,1-4H3. The van der Waals surface area contributed by atoms with Gasteiger partial charge in [-0.1, -0.05) is 20.8 Å². The monoisotopic (exact) mass is 293 g/mol. The quantitative estimate of drug-likeness (QED) is 0.848. The molecule has 0 saturated carbocycles. The van der Waals surface area contributed by atoms with Crippen LogP contribution in [-0.4, -0.2) is 47.1 Å². The van der Waals surface area contributed by atoms with E-state index in [9.17, 15) is 4.79 Å². The average molecular weight is 293 g/mol. The van der Waals surface area contributed by atoms with Crippen LogP contribution in [0.2, 0.25) is 0 Å². The molecule has 0 N–H and O–H groups in total. The van der Waals surface area contributed by atoms with Crippen LogP contribution >= 0.6 is 0 Å². The van der Waals surface area contributed by atoms with E-state index in [0.29, 0.717) is 24.7 Å². The van der Waals surface area contributed by atoms with Gasteiger partial charge in [-0.2, -0.15) is 0 Å². The SMILES string of the molecule is COc1nccnc1OC1CCN(C(=O)CC(C)(C)C)C1. The molecule has 1 aromatic heterocycles. The van der Waals surface area contributed by atoms with Gasteiger partial charge in [-0.05, 0) is 5.41 Å². The van der Waals surface area contributed by atoms with Gasteiger partial charge in [0.15, 0.2) is 0 Å². The maximum atomic E-state index is 12.2. The lowest BCUT2D eigenvalue weighted by molar-refractivity contribution is -0.132. The maximum absolute atomic E-state index is 12.2. The molecule has 1 unspecified atom stereocenters. The predicted octanol–water partition coefficient (Wildman–Crippen LogP) is 1.90. The molecule has 2 heterocycles. The topological polar surface area (TPSA) is 64.6 Å². The van der Waals surface area contributed by atoms with E-state index in [0.717, 1.165) is 13.0 Å². The number of ether oxygens (including phenoxy) is 2. The first-order chi connectivity index (χ1) is 9.89. The zero-order chi connectivity index (χ0) is 15.5. The van der Waals surface area contributed by atoms with E-state index in [-0.39, 0.29) is 17.4 Å². The van der Waals surface area contributed by atoms with Gasteiger partial charge in [-0.3, -0.25) is 4.79 Å². The summed E-state index contributed by atoms with van der Waals surface area (Å²) in [6.07, 6.45) is 4.41. The van der Waals surface area contributed by atoms with Gasteiger partial charge in [0.2, 0.25) is 5.91 Å². The third-order valence-electron chi connectivity index (χ3n) is 3.28. The molecule has 1 fully saturated rings. The Hall–Kier alpha value is -1.85. The number of hydrogen-bond acceptors (Lipinski definition) is 5. The summed E-state index contributed by atoms with van der Waals surface area (Å²) in [6, 6.07) is 0. The third kappa shape index (κ3) is 4.31. The number of nitrogens with zero attached hydrogens (tertiary/aromatic N) is 3. The molecule has 1 aromatic rings. The molecule has 0 aliphatic carbocycles. The van der Waals surface area contributed by atoms with Crippen molar-refractivity contribution in [1.29, 1.82) is 0 Å². The lowest BCUT2D eigenvalue weighted by atomic mass is 9.92. The number of likely N-dealkylation sites (tertiary alicyclic amines) is 1. The van der Waals surface area contributed by atoms with Crippen LogP contribution < -0.4 is 9.47 Å². The van der Waals surface area contributed by atoms with Crippen LogP contribution in [0.4, 0.5) is 0 Å². The number of amides is 1. The molecule has 21 heavy (non-hydrogen) atoms. The fourth-order valence-corrected chi connectivity index (χ4v) is 2.31. The predicted molar refractivity (Wildman–Crippen MR) is 78.3 cm³/mol. The Morgan fingerprint density at radius 1 is 1.33 bits per heavy atom.